The average molecular weight is 419 g/mol. The van der Waals surface area contributed by atoms with Crippen molar-refractivity contribution in [1.82, 2.24) is 10.6 Å². The number of halogens is 2. The molecule has 0 saturated carbocycles. The minimum atomic E-state index is -3.63. The molecule has 160 valence electrons. The summed E-state index contributed by atoms with van der Waals surface area (Å²) in [6.45, 7) is 13.7. The Hall–Kier alpha value is -0.586. The first-order valence-electron chi connectivity index (χ1n) is 9.48. The van der Waals surface area contributed by atoms with Crippen LogP contribution in [0.3, 0.4) is 0 Å². The summed E-state index contributed by atoms with van der Waals surface area (Å²) < 4.78 is 37.2. The lowest BCUT2D eigenvalue weighted by Gasteiger charge is -1.99. The Kier molecular flexibility index (Phi) is 45.1. The van der Waals surface area contributed by atoms with Gasteiger partial charge in [-0.05, 0) is 51.9 Å². The lowest BCUT2D eigenvalue weighted by atomic mass is 10.3. The van der Waals surface area contributed by atoms with Crippen molar-refractivity contribution >= 4 is 18.5 Å². The highest BCUT2D eigenvalue weighted by Crippen LogP contribution is 1.86. The van der Waals surface area contributed by atoms with Crippen LogP contribution >= 0.6 is 0 Å². The van der Waals surface area contributed by atoms with Crippen molar-refractivity contribution in [1.29, 1.82) is 0 Å². The molecular weight excluding hydrogens is 378 g/mol. The van der Waals surface area contributed by atoms with Gasteiger partial charge in [-0.3, -0.25) is 8.92 Å². The summed E-state index contributed by atoms with van der Waals surface area (Å²) in [4.78, 5) is 13.9. The van der Waals surface area contributed by atoms with Crippen molar-refractivity contribution in [3.8, 4) is 0 Å². The van der Waals surface area contributed by atoms with Gasteiger partial charge >= 0.3 is 18.5 Å². The van der Waals surface area contributed by atoms with Crippen LogP contribution in [0, 0.1) is 0 Å². The molecule has 0 fully saturated rings. The SMILES string of the molecule is CCCCNCCCC.CCCCNCCCC.O=[Si](O)F.O=[Si](O)F. The summed E-state index contributed by atoms with van der Waals surface area (Å²) in [5, 5.41) is 6.77. The monoisotopic (exact) mass is 418 g/mol. The van der Waals surface area contributed by atoms with Gasteiger partial charge in [-0.2, -0.15) is 8.22 Å². The third kappa shape index (κ3) is 90.3. The molecule has 0 unspecified atom stereocenters. The zero-order chi connectivity index (χ0) is 21.1. The maximum atomic E-state index is 10.1. The van der Waals surface area contributed by atoms with Crippen molar-refractivity contribution < 1.29 is 26.7 Å². The molecule has 0 heterocycles. The van der Waals surface area contributed by atoms with Crippen LogP contribution in [0.15, 0.2) is 0 Å². The van der Waals surface area contributed by atoms with E-state index >= 15 is 0 Å². The largest absolute Gasteiger partial charge is 0.734 e. The normalized spacial score (nSPS) is 8.85. The third-order valence-electron chi connectivity index (χ3n) is 2.83. The molecule has 0 bridgehead atoms. The highest BCUT2D eigenvalue weighted by atomic mass is 28.3. The van der Waals surface area contributed by atoms with E-state index in [9.17, 15) is 8.22 Å². The van der Waals surface area contributed by atoms with E-state index in [0.29, 0.717) is 0 Å². The highest BCUT2D eigenvalue weighted by Gasteiger charge is 1.88. The van der Waals surface area contributed by atoms with Gasteiger partial charge in [0, 0.05) is 0 Å². The third-order valence-corrected chi connectivity index (χ3v) is 2.83. The number of unbranched alkanes of at least 4 members (excludes halogenated alkanes) is 4. The Balaban J connectivity index is -0.000000134. The van der Waals surface area contributed by atoms with Gasteiger partial charge in [-0.15, -0.1) is 0 Å². The zero-order valence-electron chi connectivity index (χ0n) is 17.0. The molecule has 0 aromatic heterocycles. The van der Waals surface area contributed by atoms with Gasteiger partial charge in [-0.1, -0.05) is 53.4 Å². The Bertz CT molecular complexity index is 235. The molecule has 0 aliphatic rings. The van der Waals surface area contributed by atoms with E-state index < -0.39 is 18.5 Å². The van der Waals surface area contributed by atoms with Crippen molar-refractivity contribution in [3.05, 3.63) is 0 Å². The summed E-state index contributed by atoms with van der Waals surface area (Å²) in [5.41, 5.74) is 0. The molecule has 0 radical (unpaired) electrons. The summed E-state index contributed by atoms with van der Waals surface area (Å²) in [6.07, 6.45) is 10.5. The first kappa shape index (κ1) is 33.0. The Labute approximate surface area is 161 Å². The standard InChI is InChI=1S/2C8H19N.2FHO2Si/c2*1-3-5-7-9-8-6-4-2;2*1-4(2)3/h2*9H,3-8H2,1-2H3;2*2H. The first-order valence-corrected chi connectivity index (χ1v) is 11.9. The molecule has 6 nitrogen and oxygen atoms in total. The number of rotatable bonds is 12. The lowest BCUT2D eigenvalue weighted by molar-refractivity contribution is 0.388. The quantitative estimate of drug-likeness (QED) is 0.221. The molecule has 0 aromatic rings. The molecule has 26 heavy (non-hydrogen) atoms. The molecule has 10 heteroatoms. The average Bonchev–Trinajstić information content (AvgIpc) is 2.54. The minimum absolute atomic E-state index is 1.20. The maximum absolute atomic E-state index is 10.1. The smallest absolute Gasteiger partial charge is 0.517 e. The van der Waals surface area contributed by atoms with E-state index in [0.717, 1.165) is 0 Å². The molecule has 0 saturated heterocycles. The maximum Gasteiger partial charge on any atom is 0.734 e. The molecule has 0 aromatic carbocycles. The lowest BCUT2D eigenvalue weighted by Crippen LogP contribution is -2.15. The molecule has 0 aliphatic carbocycles. The van der Waals surface area contributed by atoms with Crippen LogP contribution in [-0.4, -0.2) is 54.3 Å². The summed E-state index contributed by atoms with van der Waals surface area (Å²) in [6, 6.07) is 0. The Morgan fingerprint density at radius 2 is 0.769 bits per heavy atom. The fourth-order valence-corrected chi connectivity index (χ4v) is 1.46. The van der Waals surface area contributed by atoms with Crippen molar-refractivity contribution in [3.63, 3.8) is 0 Å². The molecule has 0 aliphatic heterocycles. The van der Waals surface area contributed by atoms with Crippen molar-refractivity contribution in [2.24, 2.45) is 0 Å². The molecule has 0 spiro atoms. The predicted molar refractivity (Wildman–Crippen MR) is 105 cm³/mol. The van der Waals surface area contributed by atoms with Crippen LogP contribution in [0.2, 0.25) is 0 Å². The van der Waals surface area contributed by atoms with Gasteiger partial charge in [0.2, 0.25) is 0 Å². The highest BCUT2D eigenvalue weighted by molar-refractivity contribution is 6.23. The Morgan fingerprint density at radius 1 is 0.615 bits per heavy atom. The van der Waals surface area contributed by atoms with Crippen LogP contribution in [0.5, 0.6) is 0 Å². The summed E-state index contributed by atoms with van der Waals surface area (Å²) >= 11 is 0. The number of hydrogen-bond acceptors (Lipinski definition) is 4. The second-order valence-electron chi connectivity index (χ2n) is 5.42. The summed E-state index contributed by atoms with van der Waals surface area (Å²) in [5.74, 6) is 0. The van der Waals surface area contributed by atoms with Crippen molar-refractivity contribution in [2.75, 3.05) is 26.2 Å². The van der Waals surface area contributed by atoms with Gasteiger partial charge in [0.25, 0.3) is 0 Å². The fraction of sp³-hybridized carbons (Fsp3) is 1.00. The van der Waals surface area contributed by atoms with Gasteiger partial charge in [0.15, 0.2) is 0 Å². The van der Waals surface area contributed by atoms with Crippen LogP contribution < -0.4 is 10.6 Å². The van der Waals surface area contributed by atoms with E-state index in [1.807, 2.05) is 0 Å². The van der Waals surface area contributed by atoms with Crippen molar-refractivity contribution in [2.45, 2.75) is 79.1 Å². The molecule has 0 rings (SSSR count). The summed E-state index contributed by atoms with van der Waals surface area (Å²) in [7, 11) is -7.26. The van der Waals surface area contributed by atoms with E-state index in [-0.39, 0.29) is 0 Å². The molecular formula is C16H40F2N2O4Si2. The van der Waals surface area contributed by atoms with Gasteiger partial charge in [-0.25, -0.2) is 0 Å². The fourth-order valence-electron chi connectivity index (χ4n) is 1.46. The second-order valence-corrected chi connectivity index (χ2v) is 6.43. The van der Waals surface area contributed by atoms with Gasteiger partial charge < -0.3 is 20.2 Å². The molecule has 4 N–H and O–H groups in total. The van der Waals surface area contributed by atoms with E-state index in [1.54, 1.807) is 0 Å². The van der Waals surface area contributed by atoms with Crippen LogP contribution in [0.1, 0.15) is 79.1 Å². The second kappa shape index (κ2) is 35.5. The van der Waals surface area contributed by atoms with Crippen LogP contribution in [0.4, 0.5) is 8.22 Å². The minimum Gasteiger partial charge on any atom is -0.517 e. The van der Waals surface area contributed by atoms with Crippen LogP contribution in [-0.2, 0) is 8.92 Å². The van der Waals surface area contributed by atoms with Gasteiger partial charge in [0.05, 0.1) is 0 Å². The first-order chi connectivity index (χ1) is 12.3. The predicted octanol–water partition coefficient (Wildman–Crippen LogP) is 3.08. The van der Waals surface area contributed by atoms with E-state index in [4.69, 9.17) is 18.5 Å². The Morgan fingerprint density at radius 3 is 0.885 bits per heavy atom. The molecule has 0 atom stereocenters. The van der Waals surface area contributed by atoms with Gasteiger partial charge in [0.1, 0.15) is 0 Å². The number of nitrogens with one attached hydrogen (secondary N) is 2. The zero-order valence-corrected chi connectivity index (χ0v) is 19.0. The molecule has 0 amide bonds. The van der Waals surface area contributed by atoms with E-state index in [2.05, 4.69) is 38.3 Å². The topological polar surface area (TPSA) is 98.7 Å². The van der Waals surface area contributed by atoms with Crippen LogP contribution in [0.25, 0.3) is 0 Å². The van der Waals surface area contributed by atoms with E-state index in [1.165, 1.54) is 77.5 Å². The number of hydrogen-bond donors (Lipinski definition) is 4.